The van der Waals surface area contributed by atoms with Crippen molar-refractivity contribution in [2.45, 2.75) is 24.9 Å². The van der Waals surface area contributed by atoms with Crippen LogP contribution in [0.15, 0.2) is 45.9 Å². The third-order valence-electron chi connectivity index (χ3n) is 3.65. The normalized spacial score (nSPS) is 19.8. The molecule has 0 unspecified atom stereocenters. The maximum Gasteiger partial charge on any atom is 0.438 e. The molecule has 1 atom stereocenters. The zero-order chi connectivity index (χ0) is 18.9. The van der Waals surface area contributed by atoms with Gasteiger partial charge in [-0.1, -0.05) is 23.7 Å². The quantitative estimate of drug-likeness (QED) is 0.868. The molecule has 0 aliphatic carbocycles. The summed E-state index contributed by atoms with van der Waals surface area (Å²) >= 11 is 5.94. The van der Waals surface area contributed by atoms with Crippen molar-refractivity contribution in [2.24, 2.45) is 5.10 Å². The van der Waals surface area contributed by atoms with Gasteiger partial charge in [0.2, 0.25) is 0 Å². The summed E-state index contributed by atoms with van der Waals surface area (Å²) in [5.41, 5.74) is -3.40. The van der Waals surface area contributed by atoms with E-state index in [-0.39, 0.29) is 17.4 Å². The van der Waals surface area contributed by atoms with Gasteiger partial charge in [0.25, 0.3) is 5.72 Å². The van der Waals surface area contributed by atoms with Gasteiger partial charge in [-0.25, -0.2) is 0 Å². The Labute approximate surface area is 150 Å². The number of hydrazone groups is 1. The highest BCUT2D eigenvalue weighted by molar-refractivity contribution is 6.32. The van der Waals surface area contributed by atoms with E-state index in [1.807, 2.05) is 0 Å². The summed E-state index contributed by atoms with van der Waals surface area (Å²) in [6.07, 6.45) is -5.11. The molecule has 0 saturated carbocycles. The lowest BCUT2D eigenvalue weighted by molar-refractivity contribution is -0.297. The molecule has 0 saturated heterocycles. The molecule has 1 aromatic heterocycles. The Morgan fingerprint density at radius 1 is 1.35 bits per heavy atom. The number of amides is 1. The third kappa shape index (κ3) is 3.27. The Hall–Kier alpha value is -2.52. The smallest absolute Gasteiger partial charge is 0.438 e. The minimum Gasteiger partial charge on any atom is -0.484 e. The van der Waals surface area contributed by atoms with Crippen LogP contribution in [0.1, 0.15) is 22.7 Å². The number of carbonyl (C=O) groups is 1. The van der Waals surface area contributed by atoms with E-state index in [4.69, 9.17) is 20.8 Å². The van der Waals surface area contributed by atoms with Crippen LogP contribution in [0.4, 0.5) is 13.2 Å². The van der Waals surface area contributed by atoms with Crippen LogP contribution in [0.25, 0.3) is 0 Å². The van der Waals surface area contributed by atoms with Gasteiger partial charge in [0.1, 0.15) is 18.1 Å². The molecular formula is C16H12ClF3N2O4. The van der Waals surface area contributed by atoms with Crippen molar-refractivity contribution < 1.29 is 32.2 Å². The van der Waals surface area contributed by atoms with Gasteiger partial charge in [-0.3, -0.25) is 4.79 Å². The largest absolute Gasteiger partial charge is 0.484 e. The predicted molar refractivity (Wildman–Crippen MR) is 84.8 cm³/mol. The Morgan fingerprint density at radius 2 is 2.08 bits per heavy atom. The van der Waals surface area contributed by atoms with Crippen LogP contribution in [0, 0.1) is 0 Å². The summed E-state index contributed by atoms with van der Waals surface area (Å²) in [6.45, 7) is -0.0934. The van der Waals surface area contributed by atoms with E-state index in [2.05, 4.69) is 5.10 Å². The van der Waals surface area contributed by atoms with Crippen LogP contribution in [-0.2, 0) is 6.61 Å². The predicted octanol–water partition coefficient (Wildman–Crippen LogP) is 3.59. The van der Waals surface area contributed by atoms with E-state index in [1.165, 1.54) is 12.1 Å². The topological polar surface area (TPSA) is 75.3 Å². The Kier molecular flexibility index (Phi) is 4.68. The van der Waals surface area contributed by atoms with Crippen LogP contribution in [-0.4, -0.2) is 34.1 Å². The maximum absolute atomic E-state index is 13.0. The van der Waals surface area contributed by atoms with Crippen molar-refractivity contribution in [3.8, 4) is 5.75 Å². The number of nitrogens with zero attached hydrogens (tertiary/aromatic N) is 2. The summed E-state index contributed by atoms with van der Waals surface area (Å²) in [4.78, 5) is 12.2. The number of hydrogen-bond donors (Lipinski definition) is 1. The van der Waals surface area contributed by atoms with E-state index in [1.54, 1.807) is 24.3 Å². The molecule has 3 rings (SSSR count). The van der Waals surface area contributed by atoms with Crippen LogP contribution in [0.2, 0.25) is 5.02 Å². The molecule has 0 radical (unpaired) electrons. The fraction of sp³-hybridized carbons (Fsp3) is 0.250. The lowest BCUT2D eigenvalue weighted by Crippen LogP contribution is -2.56. The summed E-state index contributed by atoms with van der Waals surface area (Å²) in [5.74, 6) is -1.06. The first-order valence-electron chi connectivity index (χ1n) is 7.34. The van der Waals surface area contributed by atoms with Gasteiger partial charge in [-0.2, -0.15) is 23.3 Å². The van der Waals surface area contributed by atoms with E-state index < -0.39 is 30.0 Å². The lowest BCUT2D eigenvalue weighted by atomic mass is 10.1. The fourth-order valence-corrected chi connectivity index (χ4v) is 2.46. The van der Waals surface area contributed by atoms with E-state index in [9.17, 15) is 23.1 Å². The highest BCUT2D eigenvalue weighted by Crippen LogP contribution is 2.39. The molecule has 0 bridgehead atoms. The second-order valence-electron chi connectivity index (χ2n) is 5.42. The number of rotatable bonds is 4. The van der Waals surface area contributed by atoms with Crippen molar-refractivity contribution in [3.05, 3.63) is 52.9 Å². The molecule has 26 heavy (non-hydrogen) atoms. The lowest BCUT2D eigenvalue weighted by Gasteiger charge is -2.31. The molecule has 1 amide bonds. The van der Waals surface area contributed by atoms with Crippen molar-refractivity contribution in [1.29, 1.82) is 0 Å². The van der Waals surface area contributed by atoms with Crippen molar-refractivity contribution >= 4 is 23.7 Å². The molecule has 138 valence electrons. The van der Waals surface area contributed by atoms with Crippen LogP contribution in [0.3, 0.4) is 0 Å². The Morgan fingerprint density at radius 3 is 2.77 bits per heavy atom. The second kappa shape index (κ2) is 6.65. The maximum atomic E-state index is 13.0. The van der Waals surface area contributed by atoms with E-state index in [0.717, 1.165) is 6.21 Å². The Bertz CT molecular complexity index is 852. The zero-order valence-electron chi connectivity index (χ0n) is 13.0. The number of hydrogen-bond acceptors (Lipinski definition) is 5. The van der Waals surface area contributed by atoms with Crippen molar-refractivity contribution in [2.75, 3.05) is 0 Å². The highest BCUT2D eigenvalue weighted by Gasteiger charge is 2.61. The van der Waals surface area contributed by atoms with Crippen molar-refractivity contribution in [3.63, 3.8) is 0 Å². The van der Waals surface area contributed by atoms with Gasteiger partial charge in [0.05, 0.1) is 5.02 Å². The highest BCUT2D eigenvalue weighted by atomic mass is 35.5. The van der Waals surface area contributed by atoms with Gasteiger partial charge in [-0.15, -0.1) is 0 Å². The number of para-hydroxylation sites is 1. The van der Waals surface area contributed by atoms with Crippen molar-refractivity contribution in [1.82, 2.24) is 5.01 Å². The molecule has 6 nitrogen and oxygen atoms in total. The summed E-state index contributed by atoms with van der Waals surface area (Å²) in [5, 5.41) is 13.4. The molecule has 1 aliphatic heterocycles. The first-order valence-corrected chi connectivity index (χ1v) is 7.72. The summed E-state index contributed by atoms with van der Waals surface area (Å²) in [7, 11) is 0. The first-order chi connectivity index (χ1) is 12.2. The molecule has 0 fully saturated rings. The fourth-order valence-electron chi connectivity index (χ4n) is 2.27. The molecule has 0 spiro atoms. The van der Waals surface area contributed by atoms with Gasteiger partial charge < -0.3 is 14.3 Å². The van der Waals surface area contributed by atoms with Crippen LogP contribution < -0.4 is 4.74 Å². The number of aliphatic hydroxyl groups is 1. The van der Waals surface area contributed by atoms with Gasteiger partial charge in [-0.05, 0) is 24.3 Å². The molecule has 2 aromatic rings. The third-order valence-corrected chi connectivity index (χ3v) is 3.96. The number of benzene rings is 1. The minimum atomic E-state index is -5.07. The Balaban J connectivity index is 1.72. The molecule has 1 aromatic carbocycles. The van der Waals surface area contributed by atoms with Gasteiger partial charge in [0.15, 0.2) is 5.76 Å². The van der Waals surface area contributed by atoms with Crippen LogP contribution >= 0.6 is 11.6 Å². The molecule has 2 heterocycles. The average Bonchev–Trinajstić information content (AvgIpc) is 3.20. The van der Waals surface area contributed by atoms with Crippen LogP contribution in [0.5, 0.6) is 5.75 Å². The second-order valence-corrected chi connectivity index (χ2v) is 5.83. The number of furan rings is 1. The summed E-state index contributed by atoms with van der Waals surface area (Å²) < 4.78 is 49.7. The average molecular weight is 389 g/mol. The number of ether oxygens (including phenoxy) is 1. The number of halogens is 4. The van der Waals surface area contributed by atoms with E-state index in [0.29, 0.717) is 10.8 Å². The monoisotopic (exact) mass is 388 g/mol. The van der Waals surface area contributed by atoms with Gasteiger partial charge in [0, 0.05) is 12.6 Å². The molecular weight excluding hydrogens is 377 g/mol. The van der Waals surface area contributed by atoms with Gasteiger partial charge >= 0.3 is 12.1 Å². The molecule has 1 N–H and O–H groups in total. The SMILES string of the molecule is O=C(c1ccc(COc2ccccc2Cl)o1)N1N=CC[C@]1(O)C(F)(F)F. The van der Waals surface area contributed by atoms with E-state index >= 15 is 0 Å². The number of alkyl halides is 3. The minimum absolute atomic E-state index is 0.0372. The molecule has 1 aliphatic rings. The number of carbonyl (C=O) groups excluding carboxylic acids is 1. The standard InChI is InChI=1S/C16H12ClF3N2O4/c17-11-3-1-2-4-12(11)25-9-10-5-6-13(26-10)14(23)22-15(24,7-8-21-22)16(18,19)20/h1-6,8,24H,7,9H2/t15-/m0/s1. The summed E-state index contributed by atoms with van der Waals surface area (Å²) in [6, 6.07) is 9.23. The zero-order valence-corrected chi connectivity index (χ0v) is 13.8. The first kappa shape index (κ1) is 18.3. The molecule has 10 heteroatoms.